The first kappa shape index (κ1) is 12.4. The van der Waals surface area contributed by atoms with E-state index in [0.717, 1.165) is 0 Å². The molecule has 88 valence electrons. The normalized spacial score (nSPS) is 12.5. The monoisotopic (exact) mass is 288 g/mol. The van der Waals surface area contributed by atoms with Crippen LogP contribution >= 0.6 is 15.9 Å². The molecule has 2 rings (SSSR count). The van der Waals surface area contributed by atoms with E-state index in [1.807, 2.05) is 0 Å². The van der Waals surface area contributed by atoms with Crippen molar-refractivity contribution in [3.8, 4) is 0 Å². The van der Waals surface area contributed by atoms with Gasteiger partial charge in [-0.25, -0.2) is 0 Å². The van der Waals surface area contributed by atoms with Crippen LogP contribution in [0.1, 0.15) is 32.6 Å². The number of rotatable bonds is 2. The molecular weight excluding hydrogens is 272 g/mol. The van der Waals surface area contributed by atoms with Gasteiger partial charge >= 0.3 is 0 Å². The Labute approximate surface area is 112 Å². The average Bonchev–Trinajstić information content (AvgIpc) is 2.28. The molecule has 0 aliphatic carbocycles. The van der Waals surface area contributed by atoms with Crippen LogP contribution in [0.25, 0.3) is 0 Å². The van der Waals surface area contributed by atoms with Crippen molar-refractivity contribution in [3.05, 3.63) is 70.3 Å². The molecule has 0 N–H and O–H groups in total. The lowest BCUT2D eigenvalue weighted by Gasteiger charge is -2.13. The van der Waals surface area contributed by atoms with Gasteiger partial charge in [-0.05, 0) is 31.9 Å². The lowest BCUT2D eigenvalue weighted by atomic mass is 10.00. The summed E-state index contributed by atoms with van der Waals surface area (Å²) in [7, 11) is 0. The van der Waals surface area contributed by atoms with E-state index in [1.165, 1.54) is 27.8 Å². The Balaban J connectivity index is 2.36. The summed E-state index contributed by atoms with van der Waals surface area (Å²) >= 11 is 3.79. The molecule has 1 atom stereocenters. The highest BCUT2D eigenvalue weighted by molar-refractivity contribution is 9.09. The third kappa shape index (κ3) is 2.98. The van der Waals surface area contributed by atoms with Gasteiger partial charge in [-0.15, -0.1) is 0 Å². The van der Waals surface area contributed by atoms with Crippen molar-refractivity contribution in [3.63, 3.8) is 0 Å². The number of halogens is 1. The number of hydrogen-bond donors (Lipinski definition) is 0. The molecule has 0 aliphatic rings. The minimum absolute atomic E-state index is 0.279. The quantitative estimate of drug-likeness (QED) is 0.675. The van der Waals surface area contributed by atoms with E-state index in [9.17, 15) is 0 Å². The van der Waals surface area contributed by atoms with Gasteiger partial charge in [0.1, 0.15) is 0 Å². The summed E-state index contributed by atoms with van der Waals surface area (Å²) in [4.78, 5) is 0.279. The third-order valence-electron chi connectivity index (χ3n) is 2.91. The smallest absolute Gasteiger partial charge is 0.0644 e. The van der Waals surface area contributed by atoms with Gasteiger partial charge in [0.25, 0.3) is 0 Å². The summed E-state index contributed by atoms with van der Waals surface area (Å²) in [5, 5.41) is 0. The maximum absolute atomic E-state index is 3.79. The molecule has 0 nitrogen and oxygen atoms in total. The number of alkyl halides is 1. The minimum Gasteiger partial charge on any atom is -0.0786 e. The van der Waals surface area contributed by atoms with Gasteiger partial charge < -0.3 is 0 Å². The predicted molar refractivity (Wildman–Crippen MR) is 77.9 cm³/mol. The first-order valence-electron chi connectivity index (χ1n) is 5.85. The van der Waals surface area contributed by atoms with Gasteiger partial charge in [-0.3, -0.25) is 0 Å². The predicted octanol–water partition coefficient (Wildman–Crippen LogP) is 5.10. The van der Waals surface area contributed by atoms with Crippen molar-refractivity contribution >= 4 is 15.9 Å². The Morgan fingerprint density at radius 3 is 1.76 bits per heavy atom. The first-order valence-corrected chi connectivity index (χ1v) is 6.76. The van der Waals surface area contributed by atoms with Crippen molar-refractivity contribution in [1.82, 2.24) is 0 Å². The molecule has 0 bridgehead atoms. The largest absolute Gasteiger partial charge is 0.0786 e. The van der Waals surface area contributed by atoms with Crippen LogP contribution in [-0.2, 0) is 0 Å². The summed E-state index contributed by atoms with van der Waals surface area (Å²) in [6.45, 7) is 6.40. The molecule has 1 unspecified atom stereocenters. The lowest BCUT2D eigenvalue weighted by Crippen LogP contribution is -1.94. The molecule has 2 aromatic carbocycles. The van der Waals surface area contributed by atoms with E-state index in [0.29, 0.717) is 0 Å². The van der Waals surface area contributed by atoms with Crippen LogP contribution in [0.15, 0.2) is 42.5 Å². The van der Waals surface area contributed by atoms with E-state index in [2.05, 4.69) is 79.2 Å². The number of benzene rings is 2. The first-order chi connectivity index (χ1) is 8.06. The van der Waals surface area contributed by atoms with Gasteiger partial charge in [0.2, 0.25) is 0 Å². The molecule has 17 heavy (non-hydrogen) atoms. The molecule has 0 amide bonds. The SMILES string of the molecule is Cc1ccc(C(Br)c2cc(C)cc(C)c2)cc1. The fraction of sp³-hybridized carbons (Fsp3) is 0.250. The van der Waals surface area contributed by atoms with Crippen molar-refractivity contribution in [2.45, 2.75) is 25.6 Å². The fourth-order valence-electron chi connectivity index (χ4n) is 2.08. The molecular formula is C16H17Br. The standard InChI is InChI=1S/C16H17Br/c1-11-4-6-14(7-5-11)16(17)15-9-12(2)8-13(3)10-15/h4-10,16H,1-3H3. The average molecular weight is 289 g/mol. The molecule has 0 saturated heterocycles. The van der Waals surface area contributed by atoms with E-state index in [1.54, 1.807) is 0 Å². The van der Waals surface area contributed by atoms with E-state index >= 15 is 0 Å². The second kappa shape index (κ2) is 5.05. The Bertz CT molecular complexity index is 491. The highest BCUT2D eigenvalue weighted by Gasteiger charge is 2.10. The van der Waals surface area contributed by atoms with Crippen LogP contribution in [0.2, 0.25) is 0 Å². The van der Waals surface area contributed by atoms with Crippen LogP contribution in [0.3, 0.4) is 0 Å². The molecule has 2 aromatic rings. The van der Waals surface area contributed by atoms with E-state index in [-0.39, 0.29) is 4.83 Å². The van der Waals surface area contributed by atoms with Crippen molar-refractivity contribution in [2.75, 3.05) is 0 Å². The zero-order valence-corrected chi connectivity index (χ0v) is 12.1. The van der Waals surface area contributed by atoms with Gasteiger partial charge in [-0.2, -0.15) is 0 Å². The molecule has 0 fully saturated rings. The minimum atomic E-state index is 0.279. The van der Waals surface area contributed by atoms with Crippen molar-refractivity contribution < 1.29 is 0 Å². The molecule has 0 radical (unpaired) electrons. The van der Waals surface area contributed by atoms with Crippen molar-refractivity contribution in [2.24, 2.45) is 0 Å². The van der Waals surface area contributed by atoms with Gasteiger partial charge in [-0.1, -0.05) is 75.1 Å². The zero-order valence-electron chi connectivity index (χ0n) is 10.5. The fourth-order valence-corrected chi connectivity index (χ4v) is 2.65. The molecule has 0 heterocycles. The van der Waals surface area contributed by atoms with Gasteiger partial charge in [0.05, 0.1) is 4.83 Å². The van der Waals surface area contributed by atoms with Gasteiger partial charge in [0, 0.05) is 0 Å². The van der Waals surface area contributed by atoms with Crippen molar-refractivity contribution in [1.29, 1.82) is 0 Å². The summed E-state index contributed by atoms with van der Waals surface area (Å²) in [6.07, 6.45) is 0. The van der Waals surface area contributed by atoms with Crippen LogP contribution < -0.4 is 0 Å². The van der Waals surface area contributed by atoms with Crippen LogP contribution in [0.4, 0.5) is 0 Å². The van der Waals surface area contributed by atoms with Crippen LogP contribution in [0, 0.1) is 20.8 Å². The van der Waals surface area contributed by atoms with E-state index < -0.39 is 0 Å². The molecule has 0 spiro atoms. The van der Waals surface area contributed by atoms with Crippen LogP contribution in [-0.4, -0.2) is 0 Å². The molecule has 0 aliphatic heterocycles. The summed E-state index contributed by atoms with van der Waals surface area (Å²) in [5.74, 6) is 0. The summed E-state index contributed by atoms with van der Waals surface area (Å²) in [6, 6.07) is 15.4. The summed E-state index contributed by atoms with van der Waals surface area (Å²) < 4.78 is 0. The maximum atomic E-state index is 3.79. The number of hydrogen-bond acceptors (Lipinski definition) is 0. The third-order valence-corrected chi connectivity index (χ3v) is 3.96. The Morgan fingerprint density at radius 1 is 0.706 bits per heavy atom. The topological polar surface area (TPSA) is 0 Å². The zero-order chi connectivity index (χ0) is 12.4. The van der Waals surface area contributed by atoms with Crippen LogP contribution in [0.5, 0.6) is 0 Å². The maximum Gasteiger partial charge on any atom is 0.0644 e. The molecule has 0 aromatic heterocycles. The Hall–Kier alpha value is -1.08. The second-order valence-electron chi connectivity index (χ2n) is 4.69. The Kier molecular flexibility index (Phi) is 3.68. The summed E-state index contributed by atoms with van der Waals surface area (Å²) in [5.41, 5.74) is 6.56. The van der Waals surface area contributed by atoms with E-state index in [4.69, 9.17) is 0 Å². The Morgan fingerprint density at radius 2 is 1.24 bits per heavy atom. The number of aryl methyl sites for hydroxylation is 3. The highest BCUT2D eigenvalue weighted by Crippen LogP contribution is 2.31. The lowest BCUT2D eigenvalue weighted by molar-refractivity contribution is 1.15. The second-order valence-corrected chi connectivity index (χ2v) is 5.61. The molecule has 1 heteroatoms. The molecule has 0 saturated carbocycles. The van der Waals surface area contributed by atoms with Gasteiger partial charge in [0.15, 0.2) is 0 Å². The highest BCUT2D eigenvalue weighted by atomic mass is 79.9.